The third-order valence-corrected chi connectivity index (χ3v) is 4.02. The van der Waals surface area contributed by atoms with E-state index >= 15 is 0 Å². The highest BCUT2D eigenvalue weighted by Gasteiger charge is 2.16. The second-order valence-electron chi connectivity index (χ2n) is 6.08. The Morgan fingerprint density at radius 3 is 2.07 bits per heavy atom. The molecule has 2 aromatic carbocycles. The first kappa shape index (κ1) is 21.0. The zero-order chi connectivity index (χ0) is 20.5. The maximum absolute atomic E-state index is 12.2. The Morgan fingerprint density at radius 2 is 1.54 bits per heavy atom. The van der Waals surface area contributed by atoms with Gasteiger partial charge >= 0.3 is 0 Å². The number of ether oxygens (including phenoxy) is 2. The molecular weight excluding hydrogens is 360 g/mol. The molecule has 0 heterocycles. The number of amides is 2. The van der Waals surface area contributed by atoms with Crippen LogP contribution in [0.4, 0.5) is 5.69 Å². The number of carbonyl (C=O) groups is 3. The highest BCUT2D eigenvalue weighted by Crippen LogP contribution is 2.17. The molecule has 7 nitrogen and oxygen atoms in total. The molecule has 0 aliphatic heterocycles. The van der Waals surface area contributed by atoms with E-state index in [1.807, 2.05) is 0 Å². The van der Waals surface area contributed by atoms with Gasteiger partial charge in [0.25, 0.3) is 0 Å². The van der Waals surface area contributed by atoms with Crippen molar-refractivity contribution in [2.24, 2.45) is 0 Å². The van der Waals surface area contributed by atoms with Crippen LogP contribution >= 0.6 is 0 Å². The summed E-state index contributed by atoms with van der Waals surface area (Å²) in [7, 11) is 1.59. The lowest BCUT2D eigenvalue weighted by atomic mass is 10.1. The lowest BCUT2D eigenvalue weighted by Crippen LogP contribution is -2.41. The molecule has 0 aliphatic carbocycles. The number of ketones is 1. The van der Waals surface area contributed by atoms with Gasteiger partial charge in [0.2, 0.25) is 11.8 Å². The summed E-state index contributed by atoms with van der Waals surface area (Å²) in [6.45, 7) is 3.35. The van der Waals surface area contributed by atoms with Crippen molar-refractivity contribution in [1.82, 2.24) is 5.32 Å². The number of rotatable bonds is 9. The lowest BCUT2D eigenvalue weighted by Gasteiger charge is -2.21. The van der Waals surface area contributed by atoms with E-state index in [2.05, 4.69) is 5.32 Å². The molecule has 0 bridgehead atoms. The van der Waals surface area contributed by atoms with Crippen LogP contribution in [0, 0.1) is 0 Å². The van der Waals surface area contributed by atoms with Gasteiger partial charge in [-0.1, -0.05) is 0 Å². The van der Waals surface area contributed by atoms with Crippen LogP contribution in [0.15, 0.2) is 48.5 Å². The van der Waals surface area contributed by atoms with E-state index in [0.29, 0.717) is 30.2 Å². The Labute approximate surface area is 164 Å². The Kier molecular flexibility index (Phi) is 7.56. The largest absolute Gasteiger partial charge is 0.497 e. The van der Waals surface area contributed by atoms with Gasteiger partial charge in [-0.2, -0.15) is 0 Å². The number of hydrogen-bond acceptors (Lipinski definition) is 5. The number of carbonyl (C=O) groups excluding carboxylic acids is 3. The highest BCUT2D eigenvalue weighted by molar-refractivity contribution is 5.98. The summed E-state index contributed by atoms with van der Waals surface area (Å²) in [4.78, 5) is 36.8. The zero-order valence-electron chi connectivity index (χ0n) is 16.2. The van der Waals surface area contributed by atoms with Crippen molar-refractivity contribution in [3.8, 4) is 11.5 Å². The molecule has 0 aliphatic rings. The van der Waals surface area contributed by atoms with E-state index in [-0.39, 0.29) is 24.1 Å². The second kappa shape index (κ2) is 10.1. The van der Waals surface area contributed by atoms with Crippen LogP contribution in [0.25, 0.3) is 0 Å². The predicted octanol–water partition coefficient (Wildman–Crippen LogP) is 2.45. The van der Waals surface area contributed by atoms with Gasteiger partial charge in [0.1, 0.15) is 24.7 Å². The van der Waals surface area contributed by atoms with Crippen molar-refractivity contribution in [3.63, 3.8) is 0 Å². The minimum atomic E-state index is -0.302. The molecule has 0 saturated carbocycles. The fourth-order valence-corrected chi connectivity index (χ4v) is 2.49. The van der Waals surface area contributed by atoms with Crippen LogP contribution in [-0.4, -0.2) is 44.4 Å². The van der Waals surface area contributed by atoms with E-state index in [4.69, 9.17) is 9.47 Å². The minimum absolute atomic E-state index is 0.0597. The number of anilines is 1. The van der Waals surface area contributed by atoms with Crippen molar-refractivity contribution in [2.75, 3.05) is 31.7 Å². The van der Waals surface area contributed by atoms with Crippen molar-refractivity contribution in [2.45, 2.75) is 13.8 Å². The number of Topliss-reactive ketones (excluding diaryl/α,β-unsaturated/α-hetero) is 1. The quantitative estimate of drug-likeness (QED) is 0.530. The van der Waals surface area contributed by atoms with E-state index < -0.39 is 0 Å². The summed E-state index contributed by atoms with van der Waals surface area (Å²) < 4.78 is 10.6. The van der Waals surface area contributed by atoms with E-state index in [0.717, 1.165) is 5.75 Å². The van der Waals surface area contributed by atoms with Crippen LogP contribution in [0.2, 0.25) is 0 Å². The summed E-state index contributed by atoms with van der Waals surface area (Å²) in [6.07, 6.45) is 0. The Hall–Kier alpha value is -3.35. The average molecular weight is 384 g/mol. The van der Waals surface area contributed by atoms with E-state index in [9.17, 15) is 14.4 Å². The normalized spacial score (nSPS) is 10.1. The van der Waals surface area contributed by atoms with Gasteiger partial charge in [0.15, 0.2) is 5.78 Å². The predicted molar refractivity (Wildman–Crippen MR) is 106 cm³/mol. The summed E-state index contributed by atoms with van der Waals surface area (Å²) in [6, 6.07) is 13.7. The van der Waals surface area contributed by atoms with Crippen LogP contribution in [-0.2, 0) is 9.59 Å². The molecule has 7 heteroatoms. The number of benzene rings is 2. The maximum atomic E-state index is 12.2. The van der Waals surface area contributed by atoms with Gasteiger partial charge in [-0.25, -0.2) is 0 Å². The molecule has 1 N–H and O–H groups in total. The Morgan fingerprint density at radius 1 is 0.929 bits per heavy atom. The van der Waals surface area contributed by atoms with Gasteiger partial charge in [-0.15, -0.1) is 0 Å². The third-order valence-electron chi connectivity index (χ3n) is 4.02. The van der Waals surface area contributed by atoms with Gasteiger partial charge in [0.05, 0.1) is 13.7 Å². The molecule has 2 aromatic rings. The third kappa shape index (κ3) is 6.12. The fourth-order valence-electron chi connectivity index (χ4n) is 2.49. The zero-order valence-corrected chi connectivity index (χ0v) is 16.2. The first-order valence-electron chi connectivity index (χ1n) is 8.83. The summed E-state index contributed by atoms with van der Waals surface area (Å²) in [5.74, 6) is 0.784. The molecule has 0 spiro atoms. The smallest absolute Gasteiger partial charge is 0.240 e. The summed E-state index contributed by atoms with van der Waals surface area (Å²) in [5.41, 5.74) is 1.11. The monoisotopic (exact) mass is 384 g/mol. The molecule has 0 radical (unpaired) electrons. The molecule has 28 heavy (non-hydrogen) atoms. The van der Waals surface area contributed by atoms with E-state index in [1.165, 1.54) is 18.7 Å². The van der Waals surface area contributed by atoms with Crippen molar-refractivity contribution >= 4 is 23.3 Å². The maximum Gasteiger partial charge on any atom is 0.240 e. The first-order valence-corrected chi connectivity index (χ1v) is 8.83. The van der Waals surface area contributed by atoms with Crippen LogP contribution < -0.4 is 19.7 Å². The van der Waals surface area contributed by atoms with Gasteiger partial charge in [-0.3, -0.25) is 14.4 Å². The minimum Gasteiger partial charge on any atom is -0.497 e. The van der Waals surface area contributed by atoms with E-state index in [1.54, 1.807) is 55.6 Å². The highest BCUT2D eigenvalue weighted by atomic mass is 16.5. The molecule has 0 aromatic heterocycles. The lowest BCUT2D eigenvalue weighted by molar-refractivity contribution is -0.123. The number of nitrogens with one attached hydrogen (secondary N) is 1. The van der Waals surface area contributed by atoms with Gasteiger partial charge in [0, 0.05) is 18.2 Å². The number of nitrogens with zero attached hydrogens (tertiary/aromatic N) is 1. The van der Waals surface area contributed by atoms with Gasteiger partial charge < -0.3 is 19.7 Å². The molecule has 0 unspecified atom stereocenters. The molecule has 2 rings (SSSR count). The topological polar surface area (TPSA) is 84.9 Å². The average Bonchev–Trinajstić information content (AvgIpc) is 2.69. The van der Waals surface area contributed by atoms with Crippen LogP contribution in [0.3, 0.4) is 0 Å². The first-order chi connectivity index (χ1) is 13.4. The SMILES string of the molecule is COc1ccc(OCCNC(=O)CN(C(C)=O)c2ccc(C(C)=O)cc2)cc1. The van der Waals surface area contributed by atoms with Gasteiger partial charge in [-0.05, 0) is 55.5 Å². The molecule has 0 fully saturated rings. The fraction of sp³-hybridized carbons (Fsp3) is 0.286. The van der Waals surface area contributed by atoms with Crippen LogP contribution in [0.1, 0.15) is 24.2 Å². The van der Waals surface area contributed by atoms with Crippen molar-refractivity contribution in [1.29, 1.82) is 0 Å². The van der Waals surface area contributed by atoms with Crippen molar-refractivity contribution < 1.29 is 23.9 Å². The molecule has 0 saturated heterocycles. The summed E-state index contributed by atoms with van der Waals surface area (Å²) in [5, 5.41) is 2.72. The Balaban J connectivity index is 1.83. The molecule has 2 amide bonds. The second-order valence-corrected chi connectivity index (χ2v) is 6.08. The number of hydrogen-bond donors (Lipinski definition) is 1. The van der Waals surface area contributed by atoms with Crippen LogP contribution in [0.5, 0.6) is 11.5 Å². The molecule has 148 valence electrons. The summed E-state index contributed by atoms with van der Waals surface area (Å²) >= 11 is 0. The number of methoxy groups -OCH3 is 1. The van der Waals surface area contributed by atoms with Crippen molar-refractivity contribution in [3.05, 3.63) is 54.1 Å². The Bertz CT molecular complexity index is 816. The molecular formula is C21H24N2O5. The molecule has 0 atom stereocenters. The standard InChI is InChI=1S/C21H24N2O5/c1-15(24)17-4-6-18(7-5-17)23(16(2)25)14-21(26)22-12-13-28-20-10-8-19(27-3)9-11-20/h4-11H,12-14H2,1-3H3,(H,22,26).